The van der Waals surface area contributed by atoms with Crippen LogP contribution in [-0.4, -0.2) is 115 Å². The van der Waals surface area contributed by atoms with Gasteiger partial charge in [-0.3, -0.25) is 19.3 Å². The molecule has 0 radical (unpaired) electrons. The summed E-state index contributed by atoms with van der Waals surface area (Å²) >= 11 is 0. The van der Waals surface area contributed by atoms with E-state index in [0.717, 1.165) is 91.9 Å². The normalized spacial score (nSPS) is 19.9. The molecule has 1 atom stereocenters. The van der Waals surface area contributed by atoms with Gasteiger partial charge in [0, 0.05) is 69.5 Å². The Bertz CT molecular complexity index is 1980. The Morgan fingerprint density at radius 1 is 0.961 bits per heavy atom. The molecular weight excluding hydrogens is 687 g/mol. The highest BCUT2D eigenvalue weighted by molar-refractivity contribution is 7.90. The maximum Gasteiger partial charge on any atom is 0.317 e. The first-order valence-electron chi connectivity index (χ1n) is 17.1. The van der Waals surface area contributed by atoms with Crippen molar-refractivity contribution in [2.45, 2.75) is 25.4 Å². The van der Waals surface area contributed by atoms with Gasteiger partial charge in [-0.05, 0) is 74.2 Å². The number of nitrogens with one attached hydrogen (secondary N) is 2. The highest BCUT2D eigenvalue weighted by atomic mass is 32.2. The first kappa shape index (κ1) is 35.0. The standard InChI is InChI=1S/C35H40F3N7O5S/c36-26-9-12-45(21-26)51(48,49)41-30-6-5-29(37)34(33(30)38)50-31-19-40-35-28(31)17-25(18-39-35)24-1-3-27(4-2-24)44-15-13-43(14-16-44)20-23-7-10-42(11-8-23)22-32(46)47/h1-6,17-19,23,26,41H,7-16,20-22H2,(H,39,40)(H,46,47)/t26-/m1/s1. The summed E-state index contributed by atoms with van der Waals surface area (Å²) in [6.07, 6.45) is 3.91. The average molecular weight is 728 g/mol. The Morgan fingerprint density at radius 2 is 1.71 bits per heavy atom. The second-order valence-corrected chi connectivity index (χ2v) is 15.1. The van der Waals surface area contributed by atoms with Gasteiger partial charge in [-0.2, -0.15) is 12.7 Å². The summed E-state index contributed by atoms with van der Waals surface area (Å²) in [6, 6.07) is 11.8. The fourth-order valence-electron chi connectivity index (χ4n) is 7.08. The third-order valence-corrected chi connectivity index (χ3v) is 11.4. The molecule has 3 N–H and O–H groups in total. The number of fused-ring (bicyclic) bond motifs is 1. The number of carboxylic acid groups (broad SMARTS) is 1. The number of rotatable bonds is 11. The topological polar surface area (TPSA) is 134 Å². The number of aromatic nitrogens is 2. The number of aliphatic carboxylic acids is 1. The number of carbonyl (C=O) groups is 1. The number of nitrogens with zero attached hydrogens (tertiary/aromatic N) is 5. The van der Waals surface area contributed by atoms with Gasteiger partial charge in [0.2, 0.25) is 5.75 Å². The predicted molar refractivity (Wildman–Crippen MR) is 187 cm³/mol. The average Bonchev–Trinajstić information content (AvgIpc) is 3.75. The van der Waals surface area contributed by atoms with Crippen molar-refractivity contribution in [3.05, 3.63) is 66.5 Å². The first-order valence-corrected chi connectivity index (χ1v) is 18.5. The van der Waals surface area contributed by atoms with Crippen LogP contribution in [0.1, 0.15) is 19.3 Å². The summed E-state index contributed by atoms with van der Waals surface area (Å²) in [5.41, 5.74) is 2.66. The van der Waals surface area contributed by atoms with Crippen molar-refractivity contribution in [1.29, 1.82) is 0 Å². The zero-order valence-corrected chi connectivity index (χ0v) is 28.7. The summed E-state index contributed by atoms with van der Waals surface area (Å²) in [5, 5.41) is 9.51. The molecule has 7 rings (SSSR count). The fourth-order valence-corrected chi connectivity index (χ4v) is 8.35. The molecule has 0 spiro atoms. The molecule has 3 saturated heterocycles. The van der Waals surface area contributed by atoms with Crippen LogP contribution in [0, 0.1) is 17.6 Å². The van der Waals surface area contributed by atoms with E-state index < -0.39 is 45.4 Å². The van der Waals surface area contributed by atoms with Gasteiger partial charge in [-0.25, -0.2) is 18.2 Å². The van der Waals surface area contributed by atoms with Crippen molar-refractivity contribution >= 4 is 38.6 Å². The summed E-state index contributed by atoms with van der Waals surface area (Å²) in [4.78, 5) is 25.3. The minimum Gasteiger partial charge on any atom is -0.480 e. The van der Waals surface area contributed by atoms with Gasteiger partial charge in [0.25, 0.3) is 0 Å². The highest BCUT2D eigenvalue weighted by Gasteiger charge is 2.33. The lowest BCUT2D eigenvalue weighted by atomic mass is 9.96. The molecule has 2 aromatic heterocycles. The minimum atomic E-state index is -4.27. The van der Waals surface area contributed by atoms with E-state index in [2.05, 4.69) is 36.6 Å². The van der Waals surface area contributed by atoms with Crippen molar-refractivity contribution < 1.29 is 36.2 Å². The Balaban J connectivity index is 0.989. The Labute approximate surface area is 294 Å². The van der Waals surface area contributed by atoms with E-state index in [1.807, 2.05) is 17.0 Å². The summed E-state index contributed by atoms with van der Waals surface area (Å²) in [5.74, 6) is -3.16. The lowest BCUT2D eigenvalue weighted by molar-refractivity contribution is -0.138. The highest BCUT2D eigenvalue weighted by Crippen LogP contribution is 2.37. The Morgan fingerprint density at radius 3 is 2.39 bits per heavy atom. The largest absolute Gasteiger partial charge is 0.480 e. The van der Waals surface area contributed by atoms with Crippen LogP contribution in [0.3, 0.4) is 0 Å². The molecular formula is C35H40F3N7O5S. The zero-order chi connectivity index (χ0) is 35.7. The number of hydrogen-bond donors (Lipinski definition) is 3. The molecule has 0 aliphatic carbocycles. The number of anilines is 2. The Kier molecular flexibility index (Phi) is 10.1. The van der Waals surface area contributed by atoms with Crippen LogP contribution in [-0.2, 0) is 15.0 Å². The number of halogens is 3. The molecule has 0 saturated carbocycles. The number of likely N-dealkylation sites (tertiary alicyclic amines) is 1. The van der Waals surface area contributed by atoms with Crippen LogP contribution in [0.25, 0.3) is 22.2 Å². The predicted octanol–water partition coefficient (Wildman–Crippen LogP) is 4.92. The molecule has 2 aromatic carbocycles. The first-order chi connectivity index (χ1) is 24.5. The molecule has 272 valence electrons. The van der Waals surface area contributed by atoms with Crippen LogP contribution in [0.2, 0.25) is 0 Å². The van der Waals surface area contributed by atoms with Gasteiger partial charge in [0.05, 0.1) is 17.6 Å². The number of alkyl halides is 1. The zero-order valence-electron chi connectivity index (χ0n) is 27.9. The van der Waals surface area contributed by atoms with Gasteiger partial charge in [0.1, 0.15) is 11.8 Å². The van der Waals surface area contributed by atoms with E-state index in [4.69, 9.17) is 9.84 Å². The van der Waals surface area contributed by atoms with Crippen LogP contribution in [0.15, 0.2) is 54.9 Å². The third-order valence-electron chi connectivity index (χ3n) is 9.95. The lowest BCUT2D eigenvalue weighted by Gasteiger charge is -2.39. The second-order valence-electron chi connectivity index (χ2n) is 13.4. The second kappa shape index (κ2) is 14.7. The van der Waals surface area contributed by atoms with Gasteiger partial charge >= 0.3 is 16.2 Å². The number of H-pyrrole nitrogens is 1. The SMILES string of the molecule is O=C(O)CN1CCC(CN2CCN(c3ccc(-c4cnc5[nH]cc(Oc6c(F)ccc(NS(=O)(=O)N7CC[C@@H](F)C7)c6F)c5c4)cc3)CC2)CC1. The number of benzene rings is 2. The molecule has 0 amide bonds. The fraction of sp³-hybridized carbons (Fsp3) is 0.429. The monoisotopic (exact) mass is 727 g/mol. The lowest BCUT2D eigenvalue weighted by Crippen LogP contribution is -2.49. The van der Waals surface area contributed by atoms with Crippen molar-refractivity contribution in [3.63, 3.8) is 0 Å². The van der Waals surface area contributed by atoms with E-state index in [1.54, 1.807) is 12.3 Å². The van der Waals surface area contributed by atoms with Crippen LogP contribution in [0.5, 0.6) is 11.5 Å². The molecule has 16 heteroatoms. The maximum absolute atomic E-state index is 15.5. The van der Waals surface area contributed by atoms with Crippen LogP contribution in [0.4, 0.5) is 24.5 Å². The molecule has 4 aromatic rings. The third kappa shape index (κ3) is 7.93. The molecule has 3 aliphatic rings. The summed E-state index contributed by atoms with van der Waals surface area (Å²) in [6.45, 7) is 6.17. The van der Waals surface area contributed by atoms with E-state index >= 15 is 4.39 Å². The van der Waals surface area contributed by atoms with Crippen molar-refractivity contribution in [1.82, 2.24) is 24.1 Å². The number of piperazine rings is 1. The van der Waals surface area contributed by atoms with Gasteiger partial charge in [-0.1, -0.05) is 12.1 Å². The Hall–Kier alpha value is -4.38. The molecule has 5 heterocycles. The van der Waals surface area contributed by atoms with Gasteiger partial charge < -0.3 is 19.7 Å². The molecule has 3 aliphatic heterocycles. The molecule has 0 unspecified atom stereocenters. The number of hydrogen-bond acceptors (Lipinski definition) is 8. The summed E-state index contributed by atoms with van der Waals surface area (Å²) in [7, 11) is -4.27. The van der Waals surface area contributed by atoms with E-state index in [0.29, 0.717) is 17.0 Å². The summed E-state index contributed by atoms with van der Waals surface area (Å²) < 4.78 is 78.0. The molecule has 3 fully saturated rings. The van der Waals surface area contributed by atoms with Crippen molar-refractivity contribution in [2.24, 2.45) is 5.92 Å². The van der Waals surface area contributed by atoms with E-state index in [9.17, 15) is 22.0 Å². The number of ether oxygens (including phenoxy) is 1. The van der Waals surface area contributed by atoms with Gasteiger partial charge in [-0.15, -0.1) is 0 Å². The molecule has 51 heavy (non-hydrogen) atoms. The number of pyridine rings is 1. The quantitative estimate of drug-likeness (QED) is 0.197. The van der Waals surface area contributed by atoms with Crippen LogP contribution >= 0.6 is 0 Å². The molecule has 0 bridgehead atoms. The number of piperidine rings is 1. The van der Waals surface area contributed by atoms with E-state index in [-0.39, 0.29) is 31.8 Å². The number of aromatic amines is 1. The van der Waals surface area contributed by atoms with Gasteiger partial charge in [0.15, 0.2) is 17.4 Å². The van der Waals surface area contributed by atoms with Crippen LogP contribution < -0.4 is 14.4 Å². The molecule has 12 nitrogen and oxygen atoms in total. The maximum atomic E-state index is 15.5. The van der Waals surface area contributed by atoms with Crippen molar-refractivity contribution in [3.8, 4) is 22.6 Å². The minimum absolute atomic E-state index is 0.0422. The number of carboxylic acids is 1. The smallest absolute Gasteiger partial charge is 0.317 e. The van der Waals surface area contributed by atoms with Crippen molar-refractivity contribution in [2.75, 3.05) is 75.1 Å². The van der Waals surface area contributed by atoms with E-state index in [1.165, 1.54) is 6.20 Å².